The maximum Gasteiger partial charge on any atom is 0.249 e. The number of aryl methyl sites for hydroxylation is 2. The predicted molar refractivity (Wildman–Crippen MR) is 99.5 cm³/mol. The van der Waals surface area contributed by atoms with E-state index < -0.39 is 6.04 Å². The summed E-state index contributed by atoms with van der Waals surface area (Å²) < 4.78 is 0. The van der Waals surface area contributed by atoms with Crippen LogP contribution in [0.25, 0.3) is 0 Å². The van der Waals surface area contributed by atoms with E-state index in [-0.39, 0.29) is 11.8 Å². The number of anilines is 1. The number of rotatable bonds is 4. The maximum atomic E-state index is 12.8. The number of piperazine rings is 1. The number of hydrogen-bond donors (Lipinski definition) is 0. The number of para-hydroxylation sites is 1. The lowest BCUT2D eigenvalue weighted by Gasteiger charge is -2.39. The Bertz CT molecular complexity index is 758. The molecular formula is C21H24N2O2. The molecule has 0 aliphatic carbocycles. The summed E-state index contributed by atoms with van der Waals surface area (Å²) in [5.74, 6) is 0.0442. The highest BCUT2D eigenvalue weighted by molar-refractivity contribution is 6.00. The molecule has 0 aromatic heterocycles. The first-order chi connectivity index (χ1) is 12.1. The van der Waals surface area contributed by atoms with Gasteiger partial charge < -0.3 is 9.80 Å². The molecule has 1 aliphatic rings. The Kier molecular flexibility index (Phi) is 5.17. The predicted octanol–water partition coefficient (Wildman–Crippen LogP) is 3.19. The van der Waals surface area contributed by atoms with Crippen LogP contribution in [0.4, 0.5) is 5.69 Å². The fourth-order valence-corrected chi connectivity index (χ4v) is 3.36. The van der Waals surface area contributed by atoms with Crippen molar-refractivity contribution in [2.24, 2.45) is 0 Å². The second-order valence-electron chi connectivity index (χ2n) is 6.53. The van der Waals surface area contributed by atoms with Gasteiger partial charge in [-0.3, -0.25) is 9.59 Å². The third-order valence-corrected chi connectivity index (χ3v) is 4.85. The number of amides is 2. The van der Waals surface area contributed by atoms with E-state index >= 15 is 0 Å². The van der Waals surface area contributed by atoms with Crippen LogP contribution in [-0.4, -0.2) is 35.8 Å². The molecule has 0 N–H and O–H groups in total. The number of carbonyl (C=O) groups excluding carboxylic acids is 2. The fraction of sp³-hybridized carbons (Fsp3) is 0.333. The molecule has 25 heavy (non-hydrogen) atoms. The molecular weight excluding hydrogens is 312 g/mol. The first-order valence-electron chi connectivity index (χ1n) is 8.78. The number of nitrogens with zero attached hydrogens (tertiary/aromatic N) is 2. The van der Waals surface area contributed by atoms with E-state index in [1.165, 1.54) is 0 Å². The summed E-state index contributed by atoms with van der Waals surface area (Å²) in [5.41, 5.74) is 3.16. The molecule has 1 aliphatic heterocycles. The lowest BCUT2D eigenvalue weighted by Crippen LogP contribution is -2.58. The third kappa shape index (κ3) is 3.73. The molecule has 1 saturated heterocycles. The summed E-state index contributed by atoms with van der Waals surface area (Å²) in [6.07, 6.45) is 1.14. The molecule has 0 radical (unpaired) electrons. The van der Waals surface area contributed by atoms with Crippen molar-refractivity contribution >= 4 is 17.5 Å². The van der Waals surface area contributed by atoms with Gasteiger partial charge in [0.2, 0.25) is 11.8 Å². The van der Waals surface area contributed by atoms with Gasteiger partial charge in [0.1, 0.15) is 6.04 Å². The molecule has 2 amide bonds. The van der Waals surface area contributed by atoms with Crippen molar-refractivity contribution in [3.05, 3.63) is 65.7 Å². The highest BCUT2D eigenvalue weighted by Gasteiger charge is 2.34. The zero-order chi connectivity index (χ0) is 17.8. The number of hydrogen-bond acceptors (Lipinski definition) is 2. The van der Waals surface area contributed by atoms with Crippen LogP contribution >= 0.6 is 0 Å². The van der Waals surface area contributed by atoms with Crippen LogP contribution in [0.2, 0.25) is 0 Å². The molecule has 4 nitrogen and oxygen atoms in total. The van der Waals surface area contributed by atoms with Gasteiger partial charge in [0.15, 0.2) is 0 Å². The van der Waals surface area contributed by atoms with Crippen LogP contribution in [0.1, 0.15) is 24.5 Å². The molecule has 0 unspecified atom stereocenters. The van der Waals surface area contributed by atoms with Crippen molar-refractivity contribution < 1.29 is 9.59 Å². The van der Waals surface area contributed by atoms with Crippen molar-refractivity contribution in [3.8, 4) is 0 Å². The van der Waals surface area contributed by atoms with E-state index in [0.29, 0.717) is 25.9 Å². The van der Waals surface area contributed by atoms with Gasteiger partial charge >= 0.3 is 0 Å². The van der Waals surface area contributed by atoms with E-state index in [9.17, 15) is 9.59 Å². The second-order valence-corrected chi connectivity index (χ2v) is 6.53. The first kappa shape index (κ1) is 17.2. The van der Waals surface area contributed by atoms with Crippen molar-refractivity contribution in [2.45, 2.75) is 32.7 Å². The van der Waals surface area contributed by atoms with Crippen LogP contribution in [0.15, 0.2) is 54.6 Å². The largest absolute Gasteiger partial charge is 0.329 e. The molecule has 2 aromatic carbocycles. The molecule has 1 fully saturated rings. The highest BCUT2D eigenvalue weighted by atomic mass is 16.2. The molecule has 4 heteroatoms. The van der Waals surface area contributed by atoms with Gasteiger partial charge in [-0.2, -0.15) is 0 Å². The minimum Gasteiger partial charge on any atom is -0.329 e. The minimum absolute atomic E-state index is 0.00592. The van der Waals surface area contributed by atoms with Crippen LogP contribution in [0.3, 0.4) is 0 Å². The zero-order valence-electron chi connectivity index (χ0n) is 14.8. The van der Waals surface area contributed by atoms with Gasteiger partial charge in [0.05, 0.1) is 0 Å². The first-order valence-corrected chi connectivity index (χ1v) is 8.78. The van der Waals surface area contributed by atoms with E-state index in [0.717, 1.165) is 16.8 Å². The van der Waals surface area contributed by atoms with Crippen molar-refractivity contribution in [2.75, 3.05) is 18.0 Å². The maximum absolute atomic E-state index is 12.8. The quantitative estimate of drug-likeness (QED) is 0.860. The summed E-state index contributed by atoms with van der Waals surface area (Å²) >= 11 is 0. The topological polar surface area (TPSA) is 40.6 Å². The van der Waals surface area contributed by atoms with Gasteiger partial charge in [0.25, 0.3) is 0 Å². The Hall–Kier alpha value is -2.62. The SMILES string of the molecule is Cc1ccccc1N1CCN(C(=O)CCc2ccccc2)[C@@H](C)C1=O. The van der Waals surface area contributed by atoms with Gasteiger partial charge in [0, 0.05) is 25.2 Å². The molecule has 0 spiro atoms. The van der Waals surface area contributed by atoms with Gasteiger partial charge in [-0.05, 0) is 37.5 Å². The Labute approximate surface area is 149 Å². The smallest absolute Gasteiger partial charge is 0.249 e. The fourth-order valence-electron chi connectivity index (χ4n) is 3.36. The van der Waals surface area contributed by atoms with E-state index in [1.807, 2.05) is 68.4 Å². The van der Waals surface area contributed by atoms with Gasteiger partial charge in [-0.15, -0.1) is 0 Å². The van der Waals surface area contributed by atoms with Crippen LogP contribution in [0.5, 0.6) is 0 Å². The lowest BCUT2D eigenvalue weighted by molar-refractivity contribution is -0.140. The van der Waals surface area contributed by atoms with Crippen LogP contribution < -0.4 is 4.90 Å². The summed E-state index contributed by atoms with van der Waals surface area (Å²) in [6, 6.07) is 17.4. The van der Waals surface area contributed by atoms with Gasteiger partial charge in [-0.25, -0.2) is 0 Å². The monoisotopic (exact) mass is 336 g/mol. The Morgan fingerprint density at radius 3 is 2.44 bits per heavy atom. The zero-order valence-corrected chi connectivity index (χ0v) is 14.8. The third-order valence-electron chi connectivity index (χ3n) is 4.85. The summed E-state index contributed by atoms with van der Waals surface area (Å²) in [7, 11) is 0. The van der Waals surface area contributed by atoms with E-state index in [4.69, 9.17) is 0 Å². The van der Waals surface area contributed by atoms with Crippen molar-refractivity contribution in [3.63, 3.8) is 0 Å². The molecule has 1 heterocycles. The molecule has 130 valence electrons. The average molecular weight is 336 g/mol. The molecule has 0 saturated carbocycles. The Balaban J connectivity index is 1.65. The van der Waals surface area contributed by atoms with E-state index in [2.05, 4.69) is 0 Å². The molecule has 0 bridgehead atoms. The number of benzene rings is 2. The Morgan fingerprint density at radius 1 is 1.04 bits per heavy atom. The average Bonchev–Trinajstić information content (AvgIpc) is 2.63. The molecule has 1 atom stereocenters. The van der Waals surface area contributed by atoms with Crippen molar-refractivity contribution in [1.29, 1.82) is 0 Å². The Morgan fingerprint density at radius 2 is 1.72 bits per heavy atom. The minimum atomic E-state index is -0.420. The lowest BCUT2D eigenvalue weighted by atomic mass is 10.1. The summed E-state index contributed by atoms with van der Waals surface area (Å²) in [6.45, 7) is 4.96. The normalized spacial score (nSPS) is 17.7. The van der Waals surface area contributed by atoms with Crippen molar-refractivity contribution in [1.82, 2.24) is 4.90 Å². The van der Waals surface area contributed by atoms with Crippen LogP contribution in [-0.2, 0) is 16.0 Å². The summed E-state index contributed by atoms with van der Waals surface area (Å²) in [5, 5.41) is 0. The highest BCUT2D eigenvalue weighted by Crippen LogP contribution is 2.24. The van der Waals surface area contributed by atoms with Crippen LogP contribution in [0, 0.1) is 6.92 Å². The van der Waals surface area contributed by atoms with Gasteiger partial charge in [-0.1, -0.05) is 48.5 Å². The molecule has 2 aromatic rings. The standard InChI is InChI=1S/C21H24N2O2/c1-16-8-6-7-11-19(16)23-15-14-22(17(2)21(23)25)20(24)13-12-18-9-4-3-5-10-18/h3-11,17H,12-15H2,1-2H3/t17-/m0/s1. The molecule has 3 rings (SSSR count). The second kappa shape index (κ2) is 7.51. The summed E-state index contributed by atoms with van der Waals surface area (Å²) in [4.78, 5) is 28.9. The number of carbonyl (C=O) groups is 2. The van der Waals surface area contributed by atoms with E-state index in [1.54, 1.807) is 9.80 Å².